The number of nitrogens with zero attached hydrogens (tertiary/aromatic N) is 1. The number of likely N-dealkylation sites (tertiary alicyclic amines) is 1. The number of nitrogens with one attached hydrogen (secondary N) is 1. The Balaban J connectivity index is 1.69. The van der Waals surface area contributed by atoms with Crippen molar-refractivity contribution in [2.24, 2.45) is 5.73 Å². The second kappa shape index (κ2) is 5.46. The Hall–Kier alpha value is -1.53. The molecule has 0 unspecified atom stereocenters. The molecule has 2 aliphatic rings. The molecule has 6 heteroatoms. The van der Waals surface area contributed by atoms with E-state index in [1.165, 1.54) is 5.56 Å². The quantitative estimate of drug-likeness (QED) is 0.844. The van der Waals surface area contributed by atoms with Crippen molar-refractivity contribution in [2.45, 2.75) is 18.0 Å². The van der Waals surface area contributed by atoms with E-state index in [4.69, 9.17) is 5.73 Å². The topological polar surface area (TPSA) is 75.4 Å². The summed E-state index contributed by atoms with van der Waals surface area (Å²) >= 11 is 1.16. The average Bonchev–Trinajstić information content (AvgIpc) is 3.05. The summed E-state index contributed by atoms with van der Waals surface area (Å²) in [6.07, 6.45) is 0. The van der Waals surface area contributed by atoms with Gasteiger partial charge >= 0.3 is 0 Å². The molecule has 3 atom stereocenters. The fourth-order valence-corrected chi connectivity index (χ4v) is 3.57. The smallest absolute Gasteiger partial charge is 0.279 e. The molecule has 0 saturated carbocycles. The highest BCUT2D eigenvalue weighted by Crippen LogP contribution is 2.27. The van der Waals surface area contributed by atoms with E-state index < -0.39 is 6.04 Å². The fraction of sp³-hybridized carbons (Fsp3) is 0.429. The summed E-state index contributed by atoms with van der Waals surface area (Å²) < 4.78 is 0. The molecule has 0 aromatic heterocycles. The van der Waals surface area contributed by atoms with E-state index in [1.54, 1.807) is 4.90 Å². The zero-order chi connectivity index (χ0) is 14.1. The van der Waals surface area contributed by atoms with Crippen molar-refractivity contribution in [1.29, 1.82) is 0 Å². The van der Waals surface area contributed by atoms with Gasteiger partial charge in [-0.2, -0.15) is 0 Å². The van der Waals surface area contributed by atoms with Crippen LogP contribution in [0, 0.1) is 0 Å². The van der Waals surface area contributed by atoms with E-state index in [9.17, 15) is 9.59 Å². The maximum Gasteiger partial charge on any atom is 0.279 e. The van der Waals surface area contributed by atoms with Gasteiger partial charge in [-0.15, -0.1) is 0 Å². The largest absolute Gasteiger partial charge is 0.339 e. The highest BCUT2D eigenvalue weighted by molar-refractivity contribution is 8.14. The Kier molecular flexibility index (Phi) is 3.67. The Morgan fingerprint density at radius 3 is 2.70 bits per heavy atom. The van der Waals surface area contributed by atoms with E-state index in [0.29, 0.717) is 18.8 Å². The van der Waals surface area contributed by atoms with Gasteiger partial charge in [-0.25, -0.2) is 0 Å². The molecule has 0 aliphatic carbocycles. The van der Waals surface area contributed by atoms with Crippen LogP contribution < -0.4 is 11.1 Å². The van der Waals surface area contributed by atoms with Crippen molar-refractivity contribution >= 4 is 22.9 Å². The molecule has 5 nitrogen and oxygen atoms in total. The first-order chi connectivity index (χ1) is 9.65. The van der Waals surface area contributed by atoms with E-state index in [-0.39, 0.29) is 23.1 Å². The van der Waals surface area contributed by atoms with Crippen LogP contribution in [0.15, 0.2) is 30.3 Å². The third-order valence-electron chi connectivity index (χ3n) is 3.88. The lowest BCUT2D eigenvalue weighted by molar-refractivity contribution is -0.131. The predicted molar refractivity (Wildman–Crippen MR) is 78.5 cm³/mol. The normalized spacial score (nSPS) is 29.6. The predicted octanol–water partition coefficient (Wildman–Crippen LogP) is 0.765. The van der Waals surface area contributed by atoms with Gasteiger partial charge in [-0.1, -0.05) is 42.1 Å². The van der Waals surface area contributed by atoms with Gasteiger partial charge < -0.3 is 16.0 Å². The minimum Gasteiger partial charge on any atom is -0.339 e. The van der Waals surface area contributed by atoms with Crippen LogP contribution in [0.3, 0.4) is 0 Å². The van der Waals surface area contributed by atoms with Gasteiger partial charge in [0.15, 0.2) is 0 Å². The van der Waals surface area contributed by atoms with Crippen LogP contribution in [-0.4, -0.2) is 47.0 Å². The van der Waals surface area contributed by atoms with E-state index >= 15 is 0 Å². The van der Waals surface area contributed by atoms with Gasteiger partial charge in [0.1, 0.15) is 6.04 Å². The third-order valence-corrected chi connectivity index (χ3v) is 4.76. The lowest BCUT2D eigenvalue weighted by Gasteiger charge is -2.20. The molecule has 1 aromatic carbocycles. The lowest BCUT2D eigenvalue weighted by atomic mass is 9.95. The highest BCUT2D eigenvalue weighted by atomic mass is 32.2. The first kappa shape index (κ1) is 13.5. The van der Waals surface area contributed by atoms with Crippen molar-refractivity contribution in [2.75, 3.05) is 18.8 Å². The molecule has 0 spiro atoms. The van der Waals surface area contributed by atoms with Crippen LogP contribution in [0.4, 0.5) is 4.79 Å². The molecule has 2 saturated heterocycles. The zero-order valence-electron chi connectivity index (χ0n) is 11.0. The number of hydrogen-bond acceptors (Lipinski definition) is 4. The monoisotopic (exact) mass is 291 g/mol. The lowest BCUT2D eigenvalue weighted by Crippen LogP contribution is -2.45. The molecular formula is C14H17N3O2S. The molecule has 3 N–H and O–H groups in total. The fourth-order valence-electron chi connectivity index (χ4n) is 2.80. The highest BCUT2D eigenvalue weighted by Gasteiger charge is 2.38. The number of rotatable bonds is 2. The van der Waals surface area contributed by atoms with Gasteiger partial charge in [0.25, 0.3) is 5.24 Å². The first-order valence-corrected chi connectivity index (χ1v) is 7.66. The summed E-state index contributed by atoms with van der Waals surface area (Å²) in [6.45, 7) is 1.18. The number of benzene rings is 1. The molecule has 2 heterocycles. The van der Waals surface area contributed by atoms with Crippen LogP contribution in [0.2, 0.25) is 0 Å². The molecule has 2 amide bonds. The zero-order valence-corrected chi connectivity index (χ0v) is 11.8. The Morgan fingerprint density at radius 2 is 2.05 bits per heavy atom. The van der Waals surface area contributed by atoms with Crippen molar-refractivity contribution in [3.63, 3.8) is 0 Å². The molecule has 2 aliphatic heterocycles. The van der Waals surface area contributed by atoms with E-state index in [1.807, 2.05) is 30.3 Å². The Bertz CT molecular complexity index is 522. The number of carbonyl (C=O) groups excluding carboxylic acids is 2. The Labute approximate surface area is 121 Å². The number of amides is 2. The Morgan fingerprint density at radius 1 is 1.30 bits per heavy atom. The minimum absolute atomic E-state index is 0.0165. The average molecular weight is 291 g/mol. The second-order valence-electron chi connectivity index (χ2n) is 5.22. The molecular weight excluding hydrogens is 274 g/mol. The van der Waals surface area contributed by atoms with E-state index in [2.05, 4.69) is 5.32 Å². The van der Waals surface area contributed by atoms with Crippen molar-refractivity contribution in [3.05, 3.63) is 35.9 Å². The maximum atomic E-state index is 12.4. The summed E-state index contributed by atoms with van der Waals surface area (Å²) in [6, 6.07) is 9.59. The molecule has 3 rings (SSSR count). The van der Waals surface area contributed by atoms with Crippen LogP contribution in [0.5, 0.6) is 0 Å². The first-order valence-electron chi connectivity index (χ1n) is 6.68. The van der Waals surface area contributed by atoms with Crippen LogP contribution >= 0.6 is 11.8 Å². The van der Waals surface area contributed by atoms with Gasteiger partial charge in [0, 0.05) is 30.8 Å². The summed E-state index contributed by atoms with van der Waals surface area (Å²) in [5.41, 5.74) is 7.35. The SMILES string of the molecule is N[C@@H]1CN(C(=O)[C@@H]2CSC(=O)N2)C[C@H]1c1ccccc1. The second-order valence-corrected chi connectivity index (χ2v) is 6.21. The molecule has 2 fully saturated rings. The van der Waals surface area contributed by atoms with Crippen LogP contribution in [-0.2, 0) is 4.79 Å². The van der Waals surface area contributed by atoms with Crippen molar-refractivity contribution in [3.8, 4) is 0 Å². The van der Waals surface area contributed by atoms with Gasteiger partial charge in [0.2, 0.25) is 5.91 Å². The molecule has 0 radical (unpaired) electrons. The van der Waals surface area contributed by atoms with Gasteiger partial charge in [-0.3, -0.25) is 9.59 Å². The van der Waals surface area contributed by atoms with Crippen LogP contribution in [0.1, 0.15) is 11.5 Å². The summed E-state index contributed by atoms with van der Waals surface area (Å²) in [7, 11) is 0. The molecule has 20 heavy (non-hydrogen) atoms. The minimum atomic E-state index is -0.394. The van der Waals surface area contributed by atoms with E-state index in [0.717, 1.165) is 11.8 Å². The van der Waals surface area contributed by atoms with Crippen molar-refractivity contribution < 1.29 is 9.59 Å². The van der Waals surface area contributed by atoms with Gasteiger partial charge in [0.05, 0.1) is 0 Å². The summed E-state index contributed by atoms with van der Waals surface area (Å²) in [5.74, 6) is 0.668. The number of hydrogen-bond donors (Lipinski definition) is 2. The third kappa shape index (κ3) is 2.53. The molecule has 0 bridgehead atoms. The standard InChI is InChI=1S/C14H17N3O2S/c15-11-7-17(13(18)12-8-20-14(19)16-12)6-10(11)9-4-2-1-3-5-9/h1-5,10-12H,6-8,15H2,(H,16,19)/t10-,11+,12-/m0/s1. The summed E-state index contributed by atoms with van der Waals surface area (Å²) in [4.78, 5) is 25.3. The number of thioether (sulfide) groups is 1. The molecule has 1 aromatic rings. The van der Waals surface area contributed by atoms with Crippen LogP contribution in [0.25, 0.3) is 0 Å². The van der Waals surface area contributed by atoms with Gasteiger partial charge in [-0.05, 0) is 5.56 Å². The number of carbonyl (C=O) groups is 2. The molecule has 106 valence electrons. The number of nitrogens with two attached hydrogens (primary N) is 1. The summed E-state index contributed by atoms with van der Waals surface area (Å²) in [5, 5.41) is 2.57. The van der Waals surface area contributed by atoms with Crippen molar-refractivity contribution in [1.82, 2.24) is 10.2 Å². The maximum absolute atomic E-state index is 12.4.